The number of carbonyl (C=O) groups is 4. The van der Waals surface area contributed by atoms with E-state index in [2.05, 4.69) is 22.2 Å². The number of nitrogens with zero attached hydrogens (tertiary/aromatic N) is 5. The first-order chi connectivity index (χ1) is 25.3. The summed E-state index contributed by atoms with van der Waals surface area (Å²) in [5.74, 6) is -0.697. The van der Waals surface area contributed by atoms with Crippen molar-refractivity contribution in [1.82, 2.24) is 30.1 Å². The van der Waals surface area contributed by atoms with Crippen LogP contribution in [0.5, 0.6) is 0 Å². The Morgan fingerprint density at radius 1 is 0.942 bits per heavy atom. The number of anilines is 2. The Morgan fingerprint density at radius 3 is 2.40 bits per heavy atom. The molecule has 52 heavy (non-hydrogen) atoms. The molecule has 12 nitrogen and oxygen atoms in total. The minimum Gasteiger partial charge on any atom is -0.375 e. The van der Waals surface area contributed by atoms with Gasteiger partial charge in [-0.15, -0.1) is 6.58 Å². The van der Waals surface area contributed by atoms with Gasteiger partial charge < -0.3 is 26.2 Å². The van der Waals surface area contributed by atoms with Crippen molar-refractivity contribution >= 4 is 56.1 Å². The van der Waals surface area contributed by atoms with Crippen LogP contribution in [0.2, 0.25) is 0 Å². The Balaban J connectivity index is 1.16. The highest BCUT2D eigenvalue weighted by Crippen LogP contribution is 2.32. The van der Waals surface area contributed by atoms with E-state index in [0.29, 0.717) is 22.9 Å². The molecule has 5 aromatic rings. The number of para-hydroxylation sites is 1. The molecular formula is C39H38N8O4S. The van der Waals surface area contributed by atoms with Gasteiger partial charge >= 0.3 is 6.03 Å². The number of hydrogen-bond acceptors (Lipinski definition) is 8. The van der Waals surface area contributed by atoms with Gasteiger partial charge in [0.15, 0.2) is 5.13 Å². The third-order valence-electron chi connectivity index (χ3n) is 9.26. The lowest BCUT2D eigenvalue weighted by Crippen LogP contribution is -2.66. The van der Waals surface area contributed by atoms with Gasteiger partial charge in [-0.05, 0) is 47.0 Å². The van der Waals surface area contributed by atoms with E-state index in [1.165, 1.54) is 16.3 Å². The Bertz CT molecular complexity index is 2110. The minimum atomic E-state index is -0.848. The number of piperazine rings is 1. The highest BCUT2D eigenvalue weighted by Gasteiger charge is 2.52. The van der Waals surface area contributed by atoms with E-state index < -0.39 is 12.2 Å². The fourth-order valence-corrected chi connectivity index (χ4v) is 7.56. The van der Waals surface area contributed by atoms with Crippen molar-refractivity contribution in [3.63, 3.8) is 0 Å². The number of carbonyl (C=O) groups excluding carboxylic acids is 4. The van der Waals surface area contributed by atoms with E-state index in [0.717, 1.165) is 26.9 Å². The second-order valence-corrected chi connectivity index (χ2v) is 13.7. The minimum absolute atomic E-state index is 0.0858. The van der Waals surface area contributed by atoms with Crippen LogP contribution in [0.25, 0.3) is 10.2 Å². The highest BCUT2D eigenvalue weighted by molar-refractivity contribution is 7.22. The van der Waals surface area contributed by atoms with Gasteiger partial charge in [0.05, 0.1) is 29.9 Å². The molecule has 5 amide bonds. The average molecular weight is 715 g/mol. The molecule has 2 fully saturated rings. The normalized spacial score (nSPS) is 17.2. The van der Waals surface area contributed by atoms with Crippen molar-refractivity contribution in [2.24, 2.45) is 0 Å². The Morgan fingerprint density at radius 2 is 1.67 bits per heavy atom. The van der Waals surface area contributed by atoms with Crippen LogP contribution in [0.1, 0.15) is 27.0 Å². The van der Waals surface area contributed by atoms with E-state index in [1.807, 2.05) is 66.7 Å². The molecular weight excluding hydrogens is 677 g/mol. The quantitative estimate of drug-likeness (QED) is 0.166. The van der Waals surface area contributed by atoms with Gasteiger partial charge in [-0.1, -0.05) is 90.2 Å². The SMILES string of the molecule is C=CCN(C(=O)NCc1ccccc1)N1CC(=O)N2[C@@H](Cc3ccc(NC(=O)c4ccccc4)cc3)C(=O)N(Cc3cccc4sc(N)nc34)C[C@@H]21. The molecule has 2 aliphatic rings. The molecule has 2 atom stereocenters. The molecule has 4 aromatic carbocycles. The van der Waals surface area contributed by atoms with Crippen molar-refractivity contribution in [2.45, 2.75) is 31.7 Å². The van der Waals surface area contributed by atoms with Gasteiger partial charge in [0.2, 0.25) is 11.8 Å². The molecule has 13 heteroatoms. The summed E-state index contributed by atoms with van der Waals surface area (Å²) in [4.78, 5) is 62.6. The van der Waals surface area contributed by atoms with Crippen molar-refractivity contribution in [1.29, 1.82) is 0 Å². The topological polar surface area (TPSA) is 144 Å². The summed E-state index contributed by atoms with van der Waals surface area (Å²) >= 11 is 1.38. The average Bonchev–Trinajstić information content (AvgIpc) is 3.71. The van der Waals surface area contributed by atoms with Gasteiger partial charge in [0.25, 0.3) is 5.91 Å². The molecule has 2 saturated heterocycles. The number of aromatic nitrogens is 1. The van der Waals surface area contributed by atoms with Crippen molar-refractivity contribution in [3.8, 4) is 0 Å². The van der Waals surface area contributed by atoms with Crippen LogP contribution < -0.4 is 16.4 Å². The summed E-state index contributed by atoms with van der Waals surface area (Å²) in [6, 6.07) is 30.3. The Hall–Kier alpha value is -6.05. The number of urea groups is 1. The zero-order valence-corrected chi connectivity index (χ0v) is 29.2. The fraction of sp³-hybridized carbons (Fsp3) is 0.205. The molecule has 0 bridgehead atoms. The predicted molar refractivity (Wildman–Crippen MR) is 201 cm³/mol. The lowest BCUT2D eigenvalue weighted by molar-refractivity contribution is -0.157. The maximum absolute atomic E-state index is 14.4. The third kappa shape index (κ3) is 7.22. The number of amides is 5. The number of hydrogen-bond donors (Lipinski definition) is 3. The smallest absolute Gasteiger partial charge is 0.332 e. The van der Waals surface area contributed by atoms with Crippen molar-refractivity contribution < 1.29 is 19.2 Å². The van der Waals surface area contributed by atoms with Crippen LogP contribution in [0, 0.1) is 0 Å². The first-order valence-electron chi connectivity index (χ1n) is 16.9. The Kier molecular flexibility index (Phi) is 9.96. The zero-order valence-electron chi connectivity index (χ0n) is 28.4. The number of hydrazine groups is 1. The molecule has 7 rings (SSSR count). The van der Waals surface area contributed by atoms with Gasteiger partial charge in [0.1, 0.15) is 12.2 Å². The number of nitrogens with one attached hydrogen (secondary N) is 2. The molecule has 264 valence electrons. The van der Waals surface area contributed by atoms with Crippen LogP contribution in [-0.2, 0) is 29.1 Å². The molecule has 0 unspecified atom stereocenters. The Labute approximate surface area is 305 Å². The summed E-state index contributed by atoms with van der Waals surface area (Å²) in [6.45, 7) is 4.66. The lowest BCUT2D eigenvalue weighted by atomic mass is 9.99. The molecule has 0 aliphatic carbocycles. The first-order valence-corrected chi connectivity index (χ1v) is 17.8. The zero-order chi connectivity index (χ0) is 36.2. The van der Waals surface area contributed by atoms with Crippen LogP contribution in [-0.4, -0.2) is 80.4 Å². The maximum atomic E-state index is 14.4. The largest absolute Gasteiger partial charge is 0.375 e. The molecule has 1 aromatic heterocycles. The third-order valence-corrected chi connectivity index (χ3v) is 10.1. The number of fused-ring (bicyclic) bond motifs is 2. The summed E-state index contributed by atoms with van der Waals surface area (Å²) in [6.07, 6.45) is 1.22. The van der Waals surface area contributed by atoms with Gasteiger partial charge in [0, 0.05) is 30.8 Å². The standard InChI is InChI=1S/C39H38N8O4S/c1-2-20-45(39(51)41-22-27-10-5-3-6-11-27)46-25-34(48)47-31(21-26-16-18-30(19-17-26)42-36(49)28-12-7-4-8-13-28)37(50)44(24-33(46)47)23-29-14-9-15-32-35(29)43-38(40)52-32/h2-19,31,33H,1,20-25H2,(H2,40,43)(H,41,51)(H,42,49)/t31-,33+/m0/s1. The number of nitrogens with two attached hydrogens (primary N) is 1. The van der Waals surface area contributed by atoms with Gasteiger partial charge in [-0.2, -0.15) is 5.01 Å². The predicted octanol–water partition coefficient (Wildman–Crippen LogP) is 4.87. The molecule has 4 N–H and O–H groups in total. The molecule has 0 spiro atoms. The number of benzene rings is 4. The number of thiazole rings is 1. The maximum Gasteiger partial charge on any atom is 0.332 e. The van der Waals surface area contributed by atoms with Gasteiger partial charge in [-0.3, -0.25) is 19.4 Å². The molecule has 0 radical (unpaired) electrons. The van der Waals surface area contributed by atoms with Crippen LogP contribution in [0.4, 0.5) is 15.6 Å². The van der Waals surface area contributed by atoms with Crippen molar-refractivity contribution in [3.05, 3.63) is 138 Å². The molecule has 2 aliphatic heterocycles. The monoisotopic (exact) mass is 714 g/mol. The lowest BCUT2D eigenvalue weighted by Gasteiger charge is -2.46. The van der Waals surface area contributed by atoms with Crippen LogP contribution >= 0.6 is 11.3 Å². The summed E-state index contributed by atoms with van der Waals surface area (Å²) in [5, 5.41) is 9.55. The summed E-state index contributed by atoms with van der Waals surface area (Å²) in [5.41, 5.74) is 10.5. The van der Waals surface area contributed by atoms with E-state index in [1.54, 1.807) is 57.3 Å². The van der Waals surface area contributed by atoms with Crippen LogP contribution in [0.3, 0.4) is 0 Å². The second kappa shape index (κ2) is 15.1. The summed E-state index contributed by atoms with van der Waals surface area (Å²) < 4.78 is 0.919. The van der Waals surface area contributed by atoms with E-state index >= 15 is 0 Å². The molecule has 3 heterocycles. The first kappa shape index (κ1) is 34.4. The second-order valence-electron chi connectivity index (χ2n) is 12.7. The van der Waals surface area contributed by atoms with Crippen molar-refractivity contribution in [2.75, 3.05) is 30.7 Å². The van der Waals surface area contributed by atoms with Gasteiger partial charge in [-0.25, -0.2) is 9.78 Å². The van der Waals surface area contributed by atoms with Crippen LogP contribution in [0.15, 0.2) is 116 Å². The van der Waals surface area contributed by atoms with E-state index in [9.17, 15) is 19.2 Å². The number of rotatable bonds is 11. The summed E-state index contributed by atoms with van der Waals surface area (Å²) in [7, 11) is 0. The number of nitrogen functional groups attached to an aromatic ring is 1. The molecule has 0 saturated carbocycles. The highest BCUT2D eigenvalue weighted by atomic mass is 32.1. The van der Waals surface area contributed by atoms with E-state index in [4.69, 9.17) is 5.73 Å². The fourth-order valence-electron chi connectivity index (χ4n) is 6.78. The van der Waals surface area contributed by atoms with E-state index in [-0.39, 0.29) is 56.4 Å².